The molecule has 3 unspecified atom stereocenters. The molecule has 124 valence electrons. The summed E-state index contributed by atoms with van der Waals surface area (Å²) in [6, 6.07) is 2.54. The molecule has 5 atom stereocenters. The molecule has 0 saturated carbocycles. The zero-order valence-electron chi connectivity index (χ0n) is 13.0. The summed E-state index contributed by atoms with van der Waals surface area (Å²) in [4.78, 5) is 30.2. The molecule has 24 heavy (non-hydrogen) atoms. The van der Waals surface area contributed by atoms with Crippen LogP contribution < -0.4 is 4.90 Å². The number of aliphatic hydroxyl groups is 1. The van der Waals surface area contributed by atoms with E-state index in [1.807, 2.05) is 0 Å². The lowest BCUT2D eigenvalue weighted by molar-refractivity contribution is -0.132. The fourth-order valence-corrected chi connectivity index (χ4v) is 4.41. The Morgan fingerprint density at radius 3 is 2.71 bits per heavy atom. The minimum Gasteiger partial charge on any atom is -0.390 e. The first-order valence-electron chi connectivity index (χ1n) is 7.54. The zero-order chi connectivity index (χ0) is 17.4. The smallest absolute Gasteiger partial charge is 0.240 e. The highest BCUT2D eigenvalue weighted by Gasteiger charge is 2.75. The number of pyridine rings is 1. The highest BCUT2D eigenvalue weighted by molar-refractivity contribution is 6.23. The first kappa shape index (κ1) is 15.2. The monoisotopic (exact) mass is 331 g/mol. The Labute approximate surface area is 136 Å². The van der Waals surface area contributed by atoms with Crippen LogP contribution >= 0.6 is 0 Å². The number of carbonyl (C=O) groups excluding carboxylic acids is 2. The number of anilines is 1. The van der Waals surface area contributed by atoms with Crippen LogP contribution in [-0.4, -0.2) is 39.2 Å². The molecule has 2 bridgehead atoms. The molecule has 3 saturated heterocycles. The Morgan fingerprint density at radius 1 is 1.42 bits per heavy atom. The van der Waals surface area contributed by atoms with Gasteiger partial charge in [-0.05, 0) is 13.8 Å². The number of nitriles is 1. The number of imide groups is 1. The SMILES string of the molecule is CC12C[C@H](O)C(C)(O1)[C@@H]1C(=O)N(c3cnc(C#N)c(F)c3)C(=O)C12. The van der Waals surface area contributed by atoms with Gasteiger partial charge in [0, 0.05) is 12.5 Å². The summed E-state index contributed by atoms with van der Waals surface area (Å²) >= 11 is 0. The second-order valence-corrected chi connectivity index (χ2v) is 6.92. The maximum absolute atomic E-state index is 13.8. The Hall–Kier alpha value is -2.37. The number of fused-ring (bicyclic) bond motifs is 5. The highest BCUT2D eigenvalue weighted by atomic mass is 19.1. The topological polar surface area (TPSA) is 104 Å². The number of aromatic nitrogens is 1. The zero-order valence-corrected chi connectivity index (χ0v) is 13.0. The van der Waals surface area contributed by atoms with Crippen LogP contribution in [0.4, 0.5) is 10.1 Å². The van der Waals surface area contributed by atoms with Crippen molar-refractivity contribution in [1.82, 2.24) is 4.98 Å². The molecule has 0 radical (unpaired) electrons. The maximum atomic E-state index is 13.8. The molecular weight excluding hydrogens is 317 g/mol. The summed E-state index contributed by atoms with van der Waals surface area (Å²) in [7, 11) is 0. The minimum absolute atomic E-state index is 0.0167. The molecule has 7 nitrogen and oxygen atoms in total. The number of aliphatic hydroxyl groups excluding tert-OH is 1. The predicted molar refractivity (Wildman–Crippen MR) is 76.9 cm³/mol. The molecule has 3 fully saturated rings. The summed E-state index contributed by atoms with van der Waals surface area (Å²) in [5.74, 6) is -3.48. The van der Waals surface area contributed by atoms with Crippen molar-refractivity contribution in [1.29, 1.82) is 5.26 Å². The summed E-state index contributed by atoms with van der Waals surface area (Å²) in [5, 5.41) is 19.0. The van der Waals surface area contributed by atoms with Crippen molar-refractivity contribution in [2.75, 3.05) is 4.90 Å². The quantitative estimate of drug-likeness (QED) is 0.752. The summed E-state index contributed by atoms with van der Waals surface area (Å²) in [5.41, 5.74) is -2.49. The van der Waals surface area contributed by atoms with Crippen LogP contribution in [0, 0.1) is 29.0 Å². The van der Waals surface area contributed by atoms with Gasteiger partial charge in [0.25, 0.3) is 0 Å². The van der Waals surface area contributed by atoms with Crippen molar-refractivity contribution in [3.8, 4) is 6.07 Å². The number of ether oxygens (including phenoxy) is 1. The number of carbonyl (C=O) groups is 2. The molecule has 0 aliphatic carbocycles. The molecule has 1 aromatic rings. The molecule has 1 aromatic heterocycles. The second-order valence-electron chi connectivity index (χ2n) is 6.92. The van der Waals surface area contributed by atoms with Gasteiger partial charge in [0.2, 0.25) is 11.8 Å². The van der Waals surface area contributed by atoms with Crippen molar-refractivity contribution in [3.63, 3.8) is 0 Å². The van der Waals surface area contributed by atoms with Crippen molar-refractivity contribution >= 4 is 17.5 Å². The lowest BCUT2D eigenvalue weighted by atomic mass is 9.67. The fraction of sp³-hybridized carbons (Fsp3) is 0.500. The van der Waals surface area contributed by atoms with E-state index in [9.17, 15) is 19.1 Å². The number of nitrogens with zero attached hydrogens (tertiary/aromatic N) is 3. The standard InChI is InChI=1S/C16H14FN3O4/c1-15-4-10(21)16(2,24-15)12-11(15)13(22)20(14(12)23)7-3-8(17)9(5-18)19-6-7/h3,6,10-12,21H,4H2,1-2H3/t10-,11?,12-,15?,16?/m0/s1. The first-order valence-corrected chi connectivity index (χ1v) is 7.54. The number of hydrogen-bond acceptors (Lipinski definition) is 6. The van der Waals surface area contributed by atoms with Crippen LogP contribution in [0.2, 0.25) is 0 Å². The van der Waals surface area contributed by atoms with E-state index in [-0.39, 0.29) is 12.1 Å². The van der Waals surface area contributed by atoms with Gasteiger partial charge in [-0.25, -0.2) is 14.3 Å². The van der Waals surface area contributed by atoms with Crippen molar-refractivity contribution in [3.05, 3.63) is 23.8 Å². The van der Waals surface area contributed by atoms with Crippen LogP contribution in [0.15, 0.2) is 12.3 Å². The van der Waals surface area contributed by atoms with Gasteiger partial charge in [-0.3, -0.25) is 9.59 Å². The van der Waals surface area contributed by atoms with Gasteiger partial charge in [-0.1, -0.05) is 0 Å². The van der Waals surface area contributed by atoms with Gasteiger partial charge in [0.05, 0.1) is 35.4 Å². The molecule has 8 heteroatoms. The van der Waals surface area contributed by atoms with Gasteiger partial charge >= 0.3 is 0 Å². The normalized spacial score (nSPS) is 40.1. The second kappa shape index (κ2) is 4.37. The number of halogens is 1. The lowest BCUT2D eigenvalue weighted by Crippen LogP contribution is -2.49. The maximum Gasteiger partial charge on any atom is 0.240 e. The number of rotatable bonds is 1. The first-order chi connectivity index (χ1) is 11.2. The lowest BCUT2D eigenvalue weighted by Gasteiger charge is -2.31. The van der Waals surface area contributed by atoms with E-state index in [1.165, 1.54) is 0 Å². The number of hydrogen-bond donors (Lipinski definition) is 1. The third-order valence-electron chi connectivity index (χ3n) is 5.49. The molecule has 3 aliphatic rings. The van der Waals surface area contributed by atoms with E-state index in [4.69, 9.17) is 10.00 Å². The van der Waals surface area contributed by atoms with Gasteiger partial charge < -0.3 is 9.84 Å². The summed E-state index contributed by atoms with van der Waals surface area (Å²) in [6.07, 6.45) is 0.538. The molecule has 0 aromatic carbocycles. The number of amides is 2. The van der Waals surface area contributed by atoms with Crippen molar-refractivity contribution < 1.29 is 23.8 Å². The van der Waals surface area contributed by atoms with Crippen LogP contribution in [0.5, 0.6) is 0 Å². The van der Waals surface area contributed by atoms with E-state index in [0.29, 0.717) is 0 Å². The van der Waals surface area contributed by atoms with Crippen molar-refractivity contribution in [2.45, 2.75) is 37.6 Å². The van der Waals surface area contributed by atoms with Gasteiger partial charge in [-0.15, -0.1) is 0 Å². The largest absolute Gasteiger partial charge is 0.390 e. The van der Waals surface area contributed by atoms with Crippen LogP contribution in [-0.2, 0) is 14.3 Å². The predicted octanol–water partition coefficient (Wildman–Crippen LogP) is 0.510. The van der Waals surface area contributed by atoms with Crippen LogP contribution in [0.1, 0.15) is 26.0 Å². The van der Waals surface area contributed by atoms with E-state index in [2.05, 4.69) is 4.98 Å². The Bertz CT molecular complexity index is 837. The average molecular weight is 331 g/mol. The molecular formula is C16H14FN3O4. The van der Waals surface area contributed by atoms with Crippen molar-refractivity contribution in [2.24, 2.45) is 11.8 Å². The van der Waals surface area contributed by atoms with Gasteiger partial charge in [0.15, 0.2) is 11.5 Å². The molecule has 0 spiro atoms. The minimum atomic E-state index is -1.14. The molecule has 4 heterocycles. The van der Waals surface area contributed by atoms with Crippen LogP contribution in [0.25, 0.3) is 0 Å². The molecule has 4 rings (SSSR count). The third kappa shape index (κ3) is 1.58. The molecule has 1 N–H and O–H groups in total. The van der Waals surface area contributed by atoms with Crippen LogP contribution in [0.3, 0.4) is 0 Å². The summed E-state index contributed by atoms with van der Waals surface area (Å²) in [6.45, 7) is 3.33. The molecule has 3 aliphatic heterocycles. The van der Waals surface area contributed by atoms with E-state index in [0.717, 1.165) is 17.2 Å². The third-order valence-corrected chi connectivity index (χ3v) is 5.49. The Kier molecular flexibility index (Phi) is 2.77. The van der Waals surface area contributed by atoms with E-state index in [1.54, 1.807) is 19.9 Å². The van der Waals surface area contributed by atoms with Gasteiger partial charge in [0.1, 0.15) is 11.7 Å². The Balaban J connectivity index is 1.79. The Morgan fingerprint density at radius 2 is 2.08 bits per heavy atom. The molecule has 2 amide bonds. The van der Waals surface area contributed by atoms with E-state index < -0.39 is 52.5 Å². The summed E-state index contributed by atoms with van der Waals surface area (Å²) < 4.78 is 19.7. The average Bonchev–Trinajstić information content (AvgIpc) is 3.01. The van der Waals surface area contributed by atoms with E-state index >= 15 is 0 Å². The fourth-order valence-electron chi connectivity index (χ4n) is 4.41. The highest BCUT2D eigenvalue weighted by Crippen LogP contribution is 2.60. The van der Waals surface area contributed by atoms with Gasteiger partial charge in [-0.2, -0.15) is 5.26 Å².